The van der Waals surface area contributed by atoms with E-state index in [1.54, 1.807) is 18.2 Å². The van der Waals surface area contributed by atoms with Crippen molar-refractivity contribution in [3.63, 3.8) is 0 Å². The van der Waals surface area contributed by atoms with Crippen molar-refractivity contribution in [2.75, 3.05) is 18.4 Å². The molecule has 1 saturated carbocycles. The van der Waals surface area contributed by atoms with E-state index in [1.807, 2.05) is 0 Å². The van der Waals surface area contributed by atoms with Crippen LogP contribution in [0.15, 0.2) is 23.4 Å². The first-order valence-corrected chi connectivity index (χ1v) is 10.7. The number of rotatable bonds is 6. The van der Waals surface area contributed by atoms with Crippen LogP contribution >= 0.6 is 11.3 Å². The van der Waals surface area contributed by atoms with Gasteiger partial charge in [0.1, 0.15) is 6.17 Å². The first-order valence-electron chi connectivity index (χ1n) is 9.91. The summed E-state index contributed by atoms with van der Waals surface area (Å²) in [6.45, 7) is 0.698. The summed E-state index contributed by atoms with van der Waals surface area (Å²) in [5.74, 6) is 0. The average molecular weight is 445 g/mol. The zero-order valence-corrected chi connectivity index (χ0v) is 16.9. The van der Waals surface area contributed by atoms with Gasteiger partial charge in [-0.25, -0.2) is 4.39 Å². The first kappa shape index (κ1) is 21.3. The summed E-state index contributed by atoms with van der Waals surface area (Å²) < 4.78 is 54.4. The van der Waals surface area contributed by atoms with Gasteiger partial charge in [-0.2, -0.15) is 13.2 Å². The fraction of sp³-hybridized carbons (Fsp3) is 0.550. The van der Waals surface area contributed by atoms with E-state index < -0.39 is 37.0 Å². The number of benzene rings is 1. The number of hydrogen-bond donors (Lipinski definition) is 3. The monoisotopic (exact) mass is 445 g/mol. The second-order valence-electron chi connectivity index (χ2n) is 7.72. The van der Waals surface area contributed by atoms with Crippen LogP contribution in [0.2, 0.25) is 0 Å². The SMILES string of the molecule is OC1CCCC1O/N=C/c1sc2c(N[C@@H]3CNC[C@@H]3F)cccc2c1CC(F)(F)F. The summed E-state index contributed by atoms with van der Waals surface area (Å²) in [6, 6.07) is 4.61. The molecule has 2 heterocycles. The predicted molar refractivity (Wildman–Crippen MR) is 109 cm³/mol. The van der Waals surface area contributed by atoms with E-state index in [0.717, 1.165) is 17.8 Å². The van der Waals surface area contributed by atoms with Gasteiger partial charge in [0.15, 0.2) is 6.10 Å². The van der Waals surface area contributed by atoms with Crippen molar-refractivity contribution >= 4 is 33.3 Å². The molecule has 1 aromatic carbocycles. The van der Waals surface area contributed by atoms with Crippen molar-refractivity contribution in [1.29, 1.82) is 0 Å². The standard InChI is InChI=1S/C20H23F4N3O2S/c21-13-8-25-9-15(13)27-14-4-1-3-11-12(7-20(22,23)24)18(30-19(11)14)10-26-29-17-6-2-5-16(17)28/h1,3-4,10,13,15-17,25,27-28H,2,5-9H2/b26-10+/t13-,15+,16?,17?/m0/s1. The molecule has 0 bridgehead atoms. The molecule has 4 rings (SSSR count). The number of aliphatic hydroxyl groups excluding tert-OH is 1. The minimum Gasteiger partial charge on any atom is -0.390 e. The minimum absolute atomic E-state index is 0.117. The summed E-state index contributed by atoms with van der Waals surface area (Å²) in [5, 5.41) is 20.2. The van der Waals surface area contributed by atoms with Gasteiger partial charge in [-0.15, -0.1) is 11.3 Å². The van der Waals surface area contributed by atoms with Gasteiger partial charge in [-0.3, -0.25) is 0 Å². The Hall–Kier alpha value is -1.91. The topological polar surface area (TPSA) is 65.9 Å². The third kappa shape index (κ3) is 4.70. The van der Waals surface area contributed by atoms with Crippen molar-refractivity contribution in [3.05, 3.63) is 28.6 Å². The highest BCUT2D eigenvalue weighted by atomic mass is 32.1. The molecule has 0 amide bonds. The van der Waals surface area contributed by atoms with Crippen LogP contribution in [0.5, 0.6) is 0 Å². The molecule has 4 atom stereocenters. The van der Waals surface area contributed by atoms with Crippen LogP contribution in [0.4, 0.5) is 23.2 Å². The van der Waals surface area contributed by atoms with Crippen molar-refractivity contribution in [1.82, 2.24) is 5.32 Å². The molecular formula is C20H23F4N3O2S. The maximum atomic E-state index is 14.0. The van der Waals surface area contributed by atoms with Crippen LogP contribution in [0.3, 0.4) is 0 Å². The molecule has 2 aromatic rings. The predicted octanol–water partition coefficient (Wildman–Crippen LogP) is 3.99. The molecule has 5 nitrogen and oxygen atoms in total. The summed E-state index contributed by atoms with van der Waals surface area (Å²) in [7, 11) is 0. The van der Waals surface area contributed by atoms with Crippen LogP contribution in [-0.2, 0) is 11.3 Å². The summed E-state index contributed by atoms with van der Waals surface area (Å²) in [4.78, 5) is 5.66. The third-order valence-corrected chi connectivity index (χ3v) is 6.71. The Kier molecular flexibility index (Phi) is 6.17. The van der Waals surface area contributed by atoms with E-state index in [-0.39, 0.29) is 12.1 Å². The molecule has 30 heavy (non-hydrogen) atoms. The van der Waals surface area contributed by atoms with Crippen LogP contribution in [-0.4, -0.2) is 55.0 Å². The van der Waals surface area contributed by atoms with Crippen LogP contribution in [0, 0.1) is 0 Å². The zero-order chi connectivity index (χ0) is 21.3. The Morgan fingerprint density at radius 1 is 1.30 bits per heavy atom. The number of alkyl halides is 4. The molecule has 1 aromatic heterocycles. The van der Waals surface area contributed by atoms with Gasteiger partial charge in [0.05, 0.1) is 40.0 Å². The Labute approximate surface area is 175 Å². The van der Waals surface area contributed by atoms with E-state index in [1.165, 1.54) is 6.21 Å². The number of hydrogen-bond acceptors (Lipinski definition) is 6. The van der Waals surface area contributed by atoms with E-state index in [2.05, 4.69) is 15.8 Å². The maximum Gasteiger partial charge on any atom is 0.393 e. The van der Waals surface area contributed by atoms with E-state index in [4.69, 9.17) is 4.84 Å². The van der Waals surface area contributed by atoms with Gasteiger partial charge >= 0.3 is 6.18 Å². The number of oxime groups is 1. The fourth-order valence-corrected chi connectivity index (χ4v) is 5.12. The quantitative estimate of drug-likeness (QED) is 0.357. The van der Waals surface area contributed by atoms with Gasteiger partial charge in [-0.05, 0) is 36.3 Å². The minimum atomic E-state index is -4.39. The second-order valence-corrected chi connectivity index (χ2v) is 8.77. The molecule has 1 saturated heterocycles. The number of nitrogens with zero attached hydrogens (tertiary/aromatic N) is 1. The van der Waals surface area contributed by atoms with Crippen molar-refractivity contribution < 1.29 is 27.5 Å². The Morgan fingerprint density at radius 2 is 2.13 bits per heavy atom. The van der Waals surface area contributed by atoms with E-state index in [0.29, 0.717) is 40.0 Å². The fourth-order valence-electron chi connectivity index (χ4n) is 3.96. The molecule has 2 fully saturated rings. The molecule has 3 N–H and O–H groups in total. The molecule has 1 aliphatic heterocycles. The molecule has 0 radical (unpaired) electrons. The maximum absolute atomic E-state index is 14.0. The van der Waals surface area contributed by atoms with Crippen LogP contribution in [0.1, 0.15) is 29.7 Å². The number of fused-ring (bicyclic) bond motifs is 1. The largest absolute Gasteiger partial charge is 0.393 e. The average Bonchev–Trinajstić information content (AvgIpc) is 3.36. The van der Waals surface area contributed by atoms with Crippen LogP contribution in [0.25, 0.3) is 10.1 Å². The van der Waals surface area contributed by atoms with Gasteiger partial charge in [0.25, 0.3) is 0 Å². The number of nitrogens with one attached hydrogen (secondary N) is 2. The number of aliphatic hydroxyl groups is 1. The van der Waals surface area contributed by atoms with Gasteiger partial charge in [-0.1, -0.05) is 17.3 Å². The lowest BCUT2D eigenvalue weighted by Gasteiger charge is -2.16. The Morgan fingerprint density at radius 3 is 2.80 bits per heavy atom. The lowest BCUT2D eigenvalue weighted by atomic mass is 10.1. The Balaban J connectivity index is 1.65. The van der Waals surface area contributed by atoms with Crippen LogP contribution < -0.4 is 10.6 Å². The van der Waals surface area contributed by atoms with E-state index in [9.17, 15) is 22.7 Å². The van der Waals surface area contributed by atoms with Crippen molar-refractivity contribution in [2.45, 2.75) is 56.3 Å². The van der Waals surface area contributed by atoms with Gasteiger partial charge in [0.2, 0.25) is 0 Å². The lowest BCUT2D eigenvalue weighted by molar-refractivity contribution is -0.126. The van der Waals surface area contributed by atoms with E-state index >= 15 is 0 Å². The molecule has 2 unspecified atom stereocenters. The van der Waals surface area contributed by atoms with Crippen molar-refractivity contribution in [2.24, 2.45) is 5.16 Å². The highest BCUT2D eigenvalue weighted by Gasteiger charge is 2.32. The second kappa shape index (κ2) is 8.68. The molecule has 0 spiro atoms. The normalized spacial score (nSPS) is 27.4. The Bertz CT molecular complexity index is 917. The molecule has 164 valence electrons. The number of halogens is 4. The van der Waals surface area contributed by atoms with Gasteiger partial charge in [0, 0.05) is 13.1 Å². The summed E-state index contributed by atoms with van der Waals surface area (Å²) in [6.07, 6.45) is -4.19. The van der Waals surface area contributed by atoms with Gasteiger partial charge < -0.3 is 20.6 Å². The third-order valence-electron chi connectivity index (χ3n) is 5.49. The highest BCUT2D eigenvalue weighted by Crippen LogP contribution is 2.39. The molecular weight excluding hydrogens is 422 g/mol. The smallest absolute Gasteiger partial charge is 0.390 e. The number of anilines is 1. The zero-order valence-electron chi connectivity index (χ0n) is 16.1. The first-order chi connectivity index (χ1) is 14.3. The highest BCUT2D eigenvalue weighted by molar-refractivity contribution is 7.21. The molecule has 1 aliphatic carbocycles. The molecule has 2 aliphatic rings. The lowest BCUT2D eigenvalue weighted by Crippen LogP contribution is -2.29. The summed E-state index contributed by atoms with van der Waals surface area (Å²) in [5.41, 5.74) is 0.718. The summed E-state index contributed by atoms with van der Waals surface area (Å²) >= 11 is 1.16. The molecule has 10 heteroatoms. The number of thiophene rings is 1. The van der Waals surface area contributed by atoms with Crippen molar-refractivity contribution in [3.8, 4) is 0 Å².